The third-order valence-corrected chi connectivity index (χ3v) is 4.90. The Hall–Kier alpha value is -2.05. The highest BCUT2D eigenvalue weighted by Crippen LogP contribution is 2.35. The van der Waals surface area contributed by atoms with Gasteiger partial charge in [-0.05, 0) is 43.9 Å². The number of aromatic nitrogens is 1. The lowest BCUT2D eigenvalue weighted by atomic mass is 10.3. The van der Waals surface area contributed by atoms with Gasteiger partial charge in [0.05, 0.1) is 16.5 Å². The molecule has 138 valence electrons. The number of rotatable bonds is 8. The minimum absolute atomic E-state index is 0.0448. The van der Waals surface area contributed by atoms with Crippen molar-refractivity contribution in [2.24, 2.45) is 5.92 Å². The number of halogens is 1. The van der Waals surface area contributed by atoms with Crippen LogP contribution in [0.2, 0.25) is 5.02 Å². The molecule has 0 radical (unpaired) electrons. The second kappa shape index (κ2) is 8.56. The predicted molar refractivity (Wildman–Crippen MR) is 104 cm³/mol. The summed E-state index contributed by atoms with van der Waals surface area (Å²) >= 11 is 7.69. The number of nitrogens with one attached hydrogen (secondary N) is 1. The highest BCUT2D eigenvalue weighted by molar-refractivity contribution is 7.14. The summed E-state index contributed by atoms with van der Waals surface area (Å²) in [5.74, 6) is 1.93. The molecule has 3 rings (SSSR count). The SMILES string of the molecule is CC(=O)N[C@@H](C)/C=C/c1cnc(Oc2ccc(OCC3CC3)cc2Cl)s1. The minimum Gasteiger partial charge on any atom is -0.493 e. The van der Waals surface area contributed by atoms with Crippen molar-refractivity contribution in [1.29, 1.82) is 0 Å². The van der Waals surface area contributed by atoms with E-state index >= 15 is 0 Å². The fraction of sp³-hybridized carbons (Fsp3) is 0.368. The molecule has 1 aromatic carbocycles. The Kier molecular flexibility index (Phi) is 6.16. The number of ether oxygens (including phenoxy) is 2. The molecule has 26 heavy (non-hydrogen) atoms. The molecule has 5 nitrogen and oxygen atoms in total. The molecule has 2 aromatic rings. The summed E-state index contributed by atoms with van der Waals surface area (Å²) in [5.41, 5.74) is 0. The van der Waals surface area contributed by atoms with E-state index in [1.54, 1.807) is 18.3 Å². The van der Waals surface area contributed by atoms with Gasteiger partial charge in [-0.2, -0.15) is 0 Å². The van der Waals surface area contributed by atoms with E-state index in [-0.39, 0.29) is 11.9 Å². The molecule has 1 heterocycles. The Morgan fingerprint density at radius 3 is 3.00 bits per heavy atom. The first-order chi connectivity index (χ1) is 12.5. The molecule has 1 saturated carbocycles. The van der Waals surface area contributed by atoms with Crippen LogP contribution in [0.25, 0.3) is 6.08 Å². The van der Waals surface area contributed by atoms with E-state index in [4.69, 9.17) is 21.1 Å². The Morgan fingerprint density at radius 1 is 1.50 bits per heavy atom. The number of hydrogen-bond donors (Lipinski definition) is 1. The van der Waals surface area contributed by atoms with Gasteiger partial charge in [-0.3, -0.25) is 4.79 Å². The van der Waals surface area contributed by atoms with Crippen LogP contribution in [-0.4, -0.2) is 23.5 Å². The maximum absolute atomic E-state index is 11.0. The molecule has 0 bridgehead atoms. The highest BCUT2D eigenvalue weighted by Gasteiger charge is 2.22. The topological polar surface area (TPSA) is 60.5 Å². The van der Waals surface area contributed by atoms with Gasteiger partial charge in [-0.1, -0.05) is 29.0 Å². The first-order valence-electron chi connectivity index (χ1n) is 8.51. The van der Waals surface area contributed by atoms with Gasteiger partial charge >= 0.3 is 0 Å². The average molecular weight is 393 g/mol. The van der Waals surface area contributed by atoms with Gasteiger partial charge in [-0.25, -0.2) is 4.98 Å². The van der Waals surface area contributed by atoms with E-state index in [1.807, 2.05) is 25.1 Å². The normalized spacial score (nSPS) is 15.0. The zero-order chi connectivity index (χ0) is 18.5. The van der Waals surface area contributed by atoms with E-state index in [1.165, 1.54) is 31.1 Å². The maximum atomic E-state index is 11.0. The summed E-state index contributed by atoms with van der Waals surface area (Å²) in [5, 5.41) is 3.79. The van der Waals surface area contributed by atoms with Gasteiger partial charge in [0.25, 0.3) is 5.19 Å². The fourth-order valence-electron chi connectivity index (χ4n) is 2.25. The van der Waals surface area contributed by atoms with Crippen LogP contribution in [0.4, 0.5) is 0 Å². The summed E-state index contributed by atoms with van der Waals surface area (Å²) in [4.78, 5) is 16.2. The van der Waals surface area contributed by atoms with Gasteiger partial charge in [0.2, 0.25) is 5.91 Å². The Balaban J connectivity index is 1.57. The molecule has 7 heteroatoms. The third kappa shape index (κ3) is 5.75. The molecule has 1 amide bonds. The van der Waals surface area contributed by atoms with E-state index in [9.17, 15) is 4.79 Å². The molecule has 1 aliphatic rings. The molecular formula is C19H21ClN2O3S. The van der Waals surface area contributed by atoms with Gasteiger partial charge in [0, 0.05) is 25.2 Å². The number of nitrogens with zero attached hydrogens (tertiary/aromatic N) is 1. The Bertz CT molecular complexity index is 802. The highest BCUT2D eigenvalue weighted by atomic mass is 35.5. The molecule has 1 N–H and O–H groups in total. The van der Waals surface area contributed by atoms with Crippen LogP contribution < -0.4 is 14.8 Å². The Morgan fingerprint density at radius 2 is 2.31 bits per heavy atom. The fourth-order valence-corrected chi connectivity index (χ4v) is 3.15. The van der Waals surface area contributed by atoms with Crippen LogP contribution in [0.1, 0.15) is 31.6 Å². The number of carbonyl (C=O) groups is 1. The van der Waals surface area contributed by atoms with Crippen LogP contribution in [-0.2, 0) is 4.79 Å². The maximum Gasteiger partial charge on any atom is 0.279 e. The lowest BCUT2D eigenvalue weighted by Gasteiger charge is -2.08. The first-order valence-corrected chi connectivity index (χ1v) is 9.70. The quantitative estimate of drug-likeness (QED) is 0.692. The molecule has 1 atom stereocenters. The van der Waals surface area contributed by atoms with Gasteiger partial charge in [0.1, 0.15) is 11.5 Å². The van der Waals surface area contributed by atoms with Gasteiger partial charge in [-0.15, -0.1) is 0 Å². The molecule has 1 fully saturated rings. The van der Waals surface area contributed by atoms with Crippen molar-refractivity contribution in [2.45, 2.75) is 32.7 Å². The summed E-state index contributed by atoms with van der Waals surface area (Å²) < 4.78 is 11.5. The van der Waals surface area contributed by atoms with Crippen LogP contribution in [0.15, 0.2) is 30.5 Å². The monoisotopic (exact) mass is 392 g/mol. The third-order valence-electron chi connectivity index (χ3n) is 3.77. The molecule has 0 unspecified atom stereocenters. The Labute approximate surface area is 162 Å². The second-order valence-electron chi connectivity index (χ2n) is 6.33. The van der Waals surface area contributed by atoms with Crippen molar-refractivity contribution in [3.05, 3.63) is 40.4 Å². The van der Waals surface area contributed by atoms with E-state index in [0.29, 0.717) is 21.9 Å². The van der Waals surface area contributed by atoms with Crippen molar-refractivity contribution >= 4 is 34.9 Å². The van der Waals surface area contributed by atoms with E-state index in [0.717, 1.165) is 17.2 Å². The first kappa shape index (κ1) is 18.7. The molecule has 0 saturated heterocycles. The number of hydrogen-bond acceptors (Lipinski definition) is 5. The standard InChI is InChI=1S/C19H21ClN2O3S/c1-12(22-13(2)23)3-7-16-10-21-19(26-16)25-18-8-6-15(9-17(18)20)24-11-14-4-5-14/h3,6-10,12,14H,4-5,11H2,1-2H3,(H,22,23)/b7-3+/t12-/m0/s1. The number of thiazole rings is 1. The van der Waals surface area contributed by atoms with Crippen molar-refractivity contribution in [1.82, 2.24) is 10.3 Å². The zero-order valence-electron chi connectivity index (χ0n) is 14.7. The number of benzene rings is 1. The van der Waals surface area contributed by atoms with Gasteiger partial charge < -0.3 is 14.8 Å². The number of carbonyl (C=O) groups excluding carboxylic acids is 1. The van der Waals surface area contributed by atoms with E-state index in [2.05, 4.69) is 10.3 Å². The van der Waals surface area contributed by atoms with Crippen LogP contribution in [0.3, 0.4) is 0 Å². The number of amides is 1. The second-order valence-corrected chi connectivity index (χ2v) is 7.76. The van der Waals surface area contributed by atoms with Crippen molar-refractivity contribution in [3.8, 4) is 16.7 Å². The van der Waals surface area contributed by atoms with Crippen LogP contribution >= 0.6 is 22.9 Å². The minimum atomic E-state index is -0.0605. The molecule has 0 aliphatic heterocycles. The summed E-state index contributed by atoms with van der Waals surface area (Å²) in [6.45, 7) is 4.15. The van der Waals surface area contributed by atoms with E-state index < -0.39 is 0 Å². The molecule has 0 spiro atoms. The van der Waals surface area contributed by atoms with Crippen molar-refractivity contribution in [3.63, 3.8) is 0 Å². The van der Waals surface area contributed by atoms with Crippen molar-refractivity contribution in [2.75, 3.05) is 6.61 Å². The lowest BCUT2D eigenvalue weighted by Crippen LogP contribution is -2.28. The predicted octanol–water partition coefficient (Wildman–Crippen LogP) is 4.92. The van der Waals surface area contributed by atoms with Crippen LogP contribution in [0.5, 0.6) is 16.7 Å². The molecular weight excluding hydrogens is 372 g/mol. The lowest BCUT2D eigenvalue weighted by molar-refractivity contribution is -0.119. The molecule has 1 aromatic heterocycles. The van der Waals surface area contributed by atoms with Crippen LogP contribution in [0, 0.1) is 5.92 Å². The molecule has 1 aliphatic carbocycles. The summed E-state index contributed by atoms with van der Waals surface area (Å²) in [7, 11) is 0. The smallest absolute Gasteiger partial charge is 0.279 e. The van der Waals surface area contributed by atoms with Gasteiger partial charge in [0.15, 0.2) is 0 Å². The summed E-state index contributed by atoms with van der Waals surface area (Å²) in [6, 6.07) is 5.37. The largest absolute Gasteiger partial charge is 0.493 e. The van der Waals surface area contributed by atoms with Crippen molar-refractivity contribution < 1.29 is 14.3 Å². The zero-order valence-corrected chi connectivity index (χ0v) is 16.3. The summed E-state index contributed by atoms with van der Waals surface area (Å²) in [6.07, 6.45) is 8.02. The average Bonchev–Trinajstić information content (AvgIpc) is 3.31.